The molecule has 1 aromatic carbocycles. The summed E-state index contributed by atoms with van der Waals surface area (Å²) in [5.74, 6) is -2.46. The lowest BCUT2D eigenvalue weighted by Gasteiger charge is -2.12. The molecule has 0 aromatic heterocycles. The summed E-state index contributed by atoms with van der Waals surface area (Å²) >= 11 is 0. The Balaban J connectivity index is 0.000000326. The number of carboxylic acids is 2. The molecule has 1 aromatic rings. The van der Waals surface area contributed by atoms with Crippen molar-refractivity contribution in [2.24, 2.45) is 0 Å². The molecule has 0 spiro atoms. The molecule has 1 heterocycles. The van der Waals surface area contributed by atoms with Crippen molar-refractivity contribution in [2.45, 2.75) is 25.3 Å². The second kappa shape index (κ2) is 8.04. The molecule has 0 atom stereocenters. The number of benzene rings is 1. The summed E-state index contributed by atoms with van der Waals surface area (Å²) < 4.78 is 8.07. The topological polar surface area (TPSA) is 133 Å². The van der Waals surface area contributed by atoms with E-state index in [-0.39, 0.29) is 5.69 Å². The van der Waals surface area contributed by atoms with Crippen LogP contribution < -0.4 is 9.84 Å². The summed E-state index contributed by atoms with van der Waals surface area (Å²) in [6.45, 7) is 0.990. The first kappa shape index (κ1) is 18.1. The van der Waals surface area contributed by atoms with Gasteiger partial charge in [0.15, 0.2) is 18.2 Å². The predicted molar refractivity (Wildman–Crippen MR) is 83.3 cm³/mol. The highest BCUT2D eigenvalue weighted by Crippen LogP contribution is 2.26. The van der Waals surface area contributed by atoms with Crippen molar-refractivity contribution >= 4 is 23.8 Å². The summed E-state index contributed by atoms with van der Waals surface area (Å²) in [7, 11) is 0. The zero-order valence-electron chi connectivity index (χ0n) is 13.2. The maximum atomic E-state index is 10.6. The number of hydrogen-bond donors (Lipinski definition) is 1. The number of ether oxygens (including phenoxy) is 1. The highest BCUT2D eigenvalue weighted by Gasteiger charge is 2.33. The lowest BCUT2D eigenvalue weighted by atomic mass is 10.2. The number of hydrogen-bond acceptors (Lipinski definition) is 6. The van der Waals surface area contributed by atoms with Crippen LogP contribution in [0.4, 0.5) is 5.69 Å². The Morgan fingerprint density at radius 2 is 1.84 bits per heavy atom. The molecule has 1 aliphatic carbocycles. The number of nitro benzene ring substituents is 1. The Bertz CT molecular complexity index is 721. The normalized spacial score (nSPS) is 15.8. The molecule has 0 unspecified atom stereocenters. The molecule has 132 valence electrons. The third-order valence-electron chi connectivity index (χ3n) is 3.56. The maximum absolute atomic E-state index is 10.6. The molecule has 25 heavy (non-hydrogen) atoms. The van der Waals surface area contributed by atoms with Crippen LogP contribution in [0.1, 0.15) is 19.3 Å². The van der Waals surface area contributed by atoms with Gasteiger partial charge in [0.25, 0.3) is 5.69 Å². The quantitative estimate of drug-likeness (QED) is 0.359. The smallest absolute Gasteiger partial charge is 0.351 e. The number of nitrogens with zero attached hydrogens (tertiary/aromatic N) is 2. The van der Waals surface area contributed by atoms with E-state index in [9.17, 15) is 10.1 Å². The van der Waals surface area contributed by atoms with Gasteiger partial charge in [-0.2, -0.15) is 0 Å². The number of non-ortho nitro benzene ring substituents is 1. The van der Waals surface area contributed by atoms with Gasteiger partial charge < -0.3 is 19.7 Å². The molecule has 0 radical (unpaired) electrons. The van der Waals surface area contributed by atoms with Crippen LogP contribution in [0.25, 0.3) is 0 Å². The number of allylic oxidation sites excluding steroid dienone is 1. The van der Waals surface area contributed by atoms with Crippen LogP contribution in [0.5, 0.6) is 5.75 Å². The summed E-state index contributed by atoms with van der Waals surface area (Å²) in [5, 5.41) is 26.9. The fourth-order valence-electron chi connectivity index (χ4n) is 2.16. The highest BCUT2D eigenvalue weighted by molar-refractivity contribution is 6.26. The van der Waals surface area contributed by atoms with Gasteiger partial charge >= 0.3 is 5.97 Å². The van der Waals surface area contributed by atoms with E-state index in [4.69, 9.17) is 24.5 Å². The minimum Gasteiger partial charge on any atom is -0.539 e. The SMILES string of the molecule is O=C([O-])C(=O)O.O=[N+]([O-])c1ccc(OC2=CC=[N+](C3CC3)CC2)cc1. The highest BCUT2D eigenvalue weighted by atomic mass is 16.6. The number of carboxylic acid groups (broad SMARTS) is 2. The Morgan fingerprint density at radius 1 is 1.24 bits per heavy atom. The fourth-order valence-corrected chi connectivity index (χ4v) is 2.16. The number of carbonyl (C=O) groups is 2. The molecule has 1 aliphatic heterocycles. The molecule has 0 saturated heterocycles. The van der Waals surface area contributed by atoms with E-state index in [2.05, 4.69) is 10.8 Å². The standard InChI is InChI=1S/C14H15N2O3.C2H2O4/c17-16(18)12-3-5-13(6-4-12)19-14-7-9-15(10-8-14)11-1-2-11;3-1(4)2(5)6/h3-7,9,11H,1-2,8,10H2;(H,3,4)(H,5,6)/q+1;/p-1. The van der Waals surface area contributed by atoms with Crippen molar-refractivity contribution in [2.75, 3.05) is 6.54 Å². The lowest BCUT2D eigenvalue weighted by Crippen LogP contribution is -2.30. The van der Waals surface area contributed by atoms with Crippen molar-refractivity contribution in [1.29, 1.82) is 0 Å². The molecular formula is C16H16N2O7. The van der Waals surface area contributed by atoms with Crippen LogP contribution >= 0.6 is 0 Å². The van der Waals surface area contributed by atoms with Crippen LogP contribution in [-0.4, -0.2) is 45.3 Å². The van der Waals surface area contributed by atoms with Gasteiger partial charge in [0.2, 0.25) is 0 Å². The minimum absolute atomic E-state index is 0.0800. The van der Waals surface area contributed by atoms with Crippen LogP contribution in [-0.2, 0) is 9.59 Å². The monoisotopic (exact) mass is 348 g/mol. The van der Waals surface area contributed by atoms with Gasteiger partial charge in [-0.3, -0.25) is 10.1 Å². The van der Waals surface area contributed by atoms with Gasteiger partial charge in [-0.1, -0.05) is 0 Å². The molecule has 9 heteroatoms. The molecule has 3 rings (SSSR count). The van der Waals surface area contributed by atoms with Crippen LogP contribution in [0.3, 0.4) is 0 Å². The minimum atomic E-state index is -2.07. The third kappa shape index (κ3) is 5.72. The molecule has 1 saturated carbocycles. The number of carbonyl (C=O) groups excluding carboxylic acids is 1. The van der Waals surface area contributed by atoms with Gasteiger partial charge in [-0.25, -0.2) is 9.37 Å². The van der Waals surface area contributed by atoms with E-state index in [1.54, 1.807) is 12.1 Å². The first-order valence-corrected chi connectivity index (χ1v) is 7.53. The summed E-state index contributed by atoms with van der Waals surface area (Å²) in [5.41, 5.74) is 0.0800. The first-order valence-electron chi connectivity index (χ1n) is 7.53. The van der Waals surface area contributed by atoms with Gasteiger partial charge in [-0.15, -0.1) is 0 Å². The lowest BCUT2D eigenvalue weighted by molar-refractivity contribution is -0.538. The average molecular weight is 348 g/mol. The average Bonchev–Trinajstić information content (AvgIpc) is 3.41. The number of rotatable bonds is 4. The molecule has 9 nitrogen and oxygen atoms in total. The van der Waals surface area contributed by atoms with Crippen LogP contribution in [0, 0.1) is 10.1 Å². The van der Waals surface area contributed by atoms with Gasteiger partial charge in [0.1, 0.15) is 18.1 Å². The Hall–Kier alpha value is -3.23. The van der Waals surface area contributed by atoms with Gasteiger partial charge in [-0.05, 0) is 12.1 Å². The van der Waals surface area contributed by atoms with E-state index in [0.29, 0.717) is 5.75 Å². The van der Waals surface area contributed by atoms with Crippen molar-refractivity contribution in [3.8, 4) is 5.75 Å². The first-order chi connectivity index (χ1) is 11.9. The van der Waals surface area contributed by atoms with Crippen molar-refractivity contribution < 1.29 is 34.0 Å². The van der Waals surface area contributed by atoms with E-state index >= 15 is 0 Å². The van der Waals surface area contributed by atoms with Gasteiger partial charge in [0, 0.05) is 31.1 Å². The summed E-state index contributed by atoms with van der Waals surface area (Å²) in [4.78, 5) is 28.2. The zero-order chi connectivity index (χ0) is 18.4. The van der Waals surface area contributed by atoms with Crippen molar-refractivity contribution in [1.82, 2.24) is 0 Å². The fraction of sp³-hybridized carbons (Fsp3) is 0.312. The molecule has 0 bridgehead atoms. The second-order valence-corrected chi connectivity index (χ2v) is 5.45. The van der Waals surface area contributed by atoms with Crippen LogP contribution in [0.2, 0.25) is 0 Å². The largest absolute Gasteiger partial charge is 0.539 e. The predicted octanol–water partition coefficient (Wildman–Crippen LogP) is 0.328. The number of nitro groups is 1. The van der Waals surface area contributed by atoms with E-state index in [1.165, 1.54) is 25.0 Å². The zero-order valence-corrected chi connectivity index (χ0v) is 13.2. The Kier molecular flexibility index (Phi) is 5.83. The molecular weight excluding hydrogens is 332 g/mol. The third-order valence-corrected chi connectivity index (χ3v) is 3.56. The Labute approximate surface area is 142 Å². The molecule has 1 N–H and O–H groups in total. The second-order valence-electron chi connectivity index (χ2n) is 5.45. The van der Waals surface area contributed by atoms with E-state index < -0.39 is 16.9 Å². The number of aliphatic carboxylic acids is 2. The maximum Gasteiger partial charge on any atom is 0.351 e. The summed E-state index contributed by atoms with van der Waals surface area (Å²) in [6, 6.07) is 6.91. The van der Waals surface area contributed by atoms with E-state index in [0.717, 1.165) is 24.8 Å². The van der Waals surface area contributed by atoms with Crippen LogP contribution in [0.15, 0.2) is 36.1 Å². The van der Waals surface area contributed by atoms with Gasteiger partial charge in [0.05, 0.1) is 11.3 Å². The van der Waals surface area contributed by atoms with E-state index in [1.807, 2.05) is 6.08 Å². The summed E-state index contributed by atoms with van der Waals surface area (Å²) in [6.07, 6.45) is 7.54. The van der Waals surface area contributed by atoms with Crippen molar-refractivity contribution in [3.63, 3.8) is 0 Å². The molecule has 1 fully saturated rings. The molecule has 0 amide bonds. The molecule has 2 aliphatic rings. The van der Waals surface area contributed by atoms with Crippen molar-refractivity contribution in [3.05, 3.63) is 46.2 Å². The Morgan fingerprint density at radius 3 is 2.24 bits per heavy atom.